The van der Waals surface area contributed by atoms with Gasteiger partial charge in [0.15, 0.2) is 5.78 Å². The van der Waals surface area contributed by atoms with Crippen LogP contribution in [0.2, 0.25) is 0 Å². The minimum atomic E-state index is -0.694. The number of ether oxygens (including phenoxy) is 1. The monoisotopic (exact) mass is 262 g/mol. The van der Waals surface area contributed by atoms with Crippen LogP contribution in [0.25, 0.3) is 0 Å². The van der Waals surface area contributed by atoms with Gasteiger partial charge in [0, 0.05) is 5.56 Å². The van der Waals surface area contributed by atoms with E-state index in [2.05, 4.69) is 18.6 Å². The van der Waals surface area contributed by atoms with Crippen molar-refractivity contribution < 1.29 is 14.3 Å². The number of rotatable bonds is 6. The Hall–Kier alpha value is -1.64. The fourth-order valence-electron chi connectivity index (χ4n) is 2.08. The highest BCUT2D eigenvalue weighted by atomic mass is 16.5. The topological polar surface area (TPSA) is 43.4 Å². The molecule has 1 aromatic carbocycles. The number of hydrogen-bond acceptors (Lipinski definition) is 3. The third kappa shape index (κ3) is 4.19. The maximum Gasteiger partial charge on any atom is 0.316 e. The fraction of sp³-hybridized carbons (Fsp3) is 0.500. The van der Waals surface area contributed by atoms with Gasteiger partial charge in [-0.1, -0.05) is 45.0 Å². The fourth-order valence-corrected chi connectivity index (χ4v) is 2.08. The lowest BCUT2D eigenvalue weighted by molar-refractivity contribution is -0.143. The Bertz CT molecular complexity index is 432. The van der Waals surface area contributed by atoms with Crippen LogP contribution in [0.5, 0.6) is 0 Å². The Morgan fingerprint density at radius 2 is 1.74 bits per heavy atom. The van der Waals surface area contributed by atoms with Crippen molar-refractivity contribution >= 4 is 11.8 Å². The molecule has 0 aliphatic carbocycles. The van der Waals surface area contributed by atoms with E-state index in [1.54, 1.807) is 12.1 Å². The Morgan fingerprint density at radius 3 is 2.16 bits per heavy atom. The number of hydrogen-bond donors (Lipinski definition) is 0. The van der Waals surface area contributed by atoms with Crippen molar-refractivity contribution in [3.8, 4) is 0 Å². The molecule has 19 heavy (non-hydrogen) atoms. The van der Waals surface area contributed by atoms with Crippen molar-refractivity contribution in [1.29, 1.82) is 0 Å². The van der Waals surface area contributed by atoms with Gasteiger partial charge in [0.25, 0.3) is 0 Å². The lowest BCUT2D eigenvalue weighted by Crippen LogP contribution is -2.24. The predicted octanol–water partition coefficient (Wildman–Crippen LogP) is 3.27. The molecule has 0 heterocycles. The van der Waals surface area contributed by atoms with Gasteiger partial charge in [-0.25, -0.2) is 0 Å². The zero-order chi connectivity index (χ0) is 14.4. The van der Waals surface area contributed by atoms with Gasteiger partial charge in [0.1, 0.15) is 5.92 Å². The molecule has 104 valence electrons. The zero-order valence-electron chi connectivity index (χ0n) is 12.1. The van der Waals surface area contributed by atoms with E-state index in [0.29, 0.717) is 17.9 Å². The van der Waals surface area contributed by atoms with E-state index < -0.39 is 11.9 Å². The molecular formula is C16H22O3. The van der Waals surface area contributed by atoms with Crippen LogP contribution in [0.4, 0.5) is 0 Å². The second kappa shape index (κ2) is 7.07. The Balaban J connectivity index is 2.85. The van der Waals surface area contributed by atoms with E-state index in [0.717, 1.165) is 6.42 Å². The normalized spacial score (nSPS) is 12.3. The lowest BCUT2D eigenvalue weighted by Gasteiger charge is -2.12. The van der Waals surface area contributed by atoms with Gasteiger partial charge in [-0.3, -0.25) is 9.59 Å². The first kappa shape index (κ1) is 15.4. The van der Waals surface area contributed by atoms with E-state index in [1.165, 1.54) is 12.7 Å². The lowest BCUT2D eigenvalue weighted by atomic mass is 9.93. The summed E-state index contributed by atoms with van der Waals surface area (Å²) in [6.07, 6.45) is 1.45. The summed E-state index contributed by atoms with van der Waals surface area (Å²) in [5.74, 6) is -0.731. The molecule has 1 aromatic rings. The maximum absolute atomic E-state index is 12.2. The van der Waals surface area contributed by atoms with Crippen molar-refractivity contribution in [1.82, 2.24) is 0 Å². The van der Waals surface area contributed by atoms with Crippen molar-refractivity contribution in [3.05, 3.63) is 35.4 Å². The highest BCUT2D eigenvalue weighted by molar-refractivity contribution is 6.08. The highest BCUT2D eigenvalue weighted by Gasteiger charge is 2.26. The summed E-state index contributed by atoms with van der Waals surface area (Å²) in [5, 5.41) is 0. The molecule has 0 amide bonds. The molecule has 0 spiro atoms. The molecule has 0 bridgehead atoms. The summed E-state index contributed by atoms with van der Waals surface area (Å²) in [6.45, 7) is 6.12. The smallest absolute Gasteiger partial charge is 0.316 e. The summed E-state index contributed by atoms with van der Waals surface area (Å²) in [5.41, 5.74) is 1.78. The van der Waals surface area contributed by atoms with Crippen LogP contribution in [-0.4, -0.2) is 18.9 Å². The Labute approximate surface area is 115 Å². The van der Waals surface area contributed by atoms with Gasteiger partial charge in [0.05, 0.1) is 7.11 Å². The zero-order valence-corrected chi connectivity index (χ0v) is 12.1. The second-order valence-corrected chi connectivity index (χ2v) is 5.14. The van der Waals surface area contributed by atoms with Gasteiger partial charge in [-0.2, -0.15) is 0 Å². The van der Waals surface area contributed by atoms with Crippen LogP contribution in [0.15, 0.2) is 24.3 Å². The van der Waals surface area contributed by atoms with E-state index in [9.17, 15) is 9.59 Å². The van der Waals surface area contributed by atoms with E-state index in [-0.39, 0.29) is 5.78 Å². The molecule has 3 nitrogen and oxygen atoms in total. The Kier molecular flexibility index (Phi) is 5.74. The SMILES string of the molecule is CCC(C(=O)OC)C(=O)c1ccc(CC(C)C)cc1. The van der Waals surface area contributed by atoms with Crippen LogP contribution in [0.1, 0.15) is 43.1 Å². The number of carbonyl (C=O) groups excluding carboxylic acids is 2. The molecule has 3 heteroatoms. The molecule has 0 radical (unpaired) electrons. The minimum absolute atomic E-state index is 0.162. The first-order chi connectivity index (χ1) is 8.99. The third-order valence-corrected chi connectivity index (χ3v) is 3.09. The van der Waals surface area contributed by atoms with Crippen molar-refractivity contribution in [2.24, 2.45) is 11.8 Å². The van der Waals surface area contributed by atoms with Crippen LogP contribution in [0, 0.1) is 11.8 Å². The van der Waals surface area contributed by atoms with E-state index >= 15 is 0 Å². The summed E-state index contributed by atoms with van der Waals surface area (Å²) >= 11 is 0. The largest absolute Gasteiger partial charge is 0.468 e. The van der Waals surface area contributed by atoms with Crippen LogP contribution in [0.3, 0.4) is 0 Å². The summed E-state index contributed by atoms with van der Waals surface area (Å²) < 4.78 is 4.66. The maximum atomic E-state index is 12.2. The van der Waals surface area contributed by atoms with Crippen molar-refractivity contribution in [2.75, 3.05) is 7.11 Å². The van der Waals surface area contributed by atoms with Crippen LogP contribution < -0.4 is 0 Å². The molecule has 0 N–H and O–H groups in total. The van der Waals surface area contributed by atoms with Crippen molar-refractivity contribution in [2.45, 2.75) is 33.6 Å². The first-order valence-corrected chi connectivity index (χ1v) is 6.70. The quantitative estimate of drug-likeness (QED) is 0.449. The molecule has 0 aliphatic rings. The third-order valence-electron chi connectivity index (χ3n) is 3.09. The molecule has 0 aliphatic heterocycles. The molecule has 0 saturated carbocycles. The average molecular weight is 262 g/mol. The van der Waals surface area contributed by atoms with Crippen molar-refractivity contribution in [3.63, 3.8) is 0 Å². The van der Waals surface area contributed by atoms with Gasteiger partial charge < -0.3 is 4.74 Å². The first-order valence-electron chi connectivity index (χ1n) is 6.70. The number of ketones is 1. The number of benzene rings is 1. The number of methoxy groups -OCH3 is 1. The van der Waals surface area contributed by atoms with Crippen LogP contribution >= 0.6 is 0 Å². The van der Waals surface area contributed by atoms with Gasteiger partial charge in [0.2, 0.25) is 0 Å². The molecule has 0 fully saturated rings. The van der Waals surface area contributed by atoms with E-state index in [1.807, 2.05) is 19.1 Å². The number of carbonyl (C=O) groups is 2. The van der Waals surface area contributed by atoms with Crippen LogP contribution in [-0.2, 0) is 16.0 Å². The standard InChI is InChI=1S/C16H22O3/c1-5-14(16(18)19-4)15(17)13-8-6-12(7-9-13)10-11(2)3/h6-9,11,14H,5,10H2,1-4H3. The predicted molar refractivity (Wildman–Crippen MR) is 75.1 cm³/mol. The number of esters is 1. The van der Waals surface area contributed by atoms with Gasteiger partial charge in [-0.05, 0) is 24.3 Å². The highest BCUT2D eigenvalue weighted by Crippen LogP contribution is 2.16. The Morgan fingerprint density at radius 1 is 1.16 bits per heavy atom. The summed E-state index contributed by atoms with van der Waals surface area (Å²) in [7, 11) is 1.31. The second-order valence-electron chi connectivity index (χ2n) is 5.14. The summed E-state index contributed by atoms with van der Waals surface area (Å²) in [4.78, 5) is 23.7. The van der Waals surface area contributed by atoms with E-state index in [4.69, 9.17) is 0 Å². The molecule has 0 aromatic heterocycles. The molecule has 1 unspecified atom stereocenters. The average Bonchev–Trinajstić information content (AvgIpc) is 2.39. The molecule has 0 saturated heterocycles. The molecule has 1 rings (SSSR count). The molecule has 1 atom stereocenters. The molecular weight excluding hydrogens is 240 g/mol. The number of Topliss-reactive ketones (excluding diaryl/α,β-unsaturated/α-hetero) is 1. The minimum Gasteiger partial charge on any atom is -0.468 e. The van der Waals surface area contributed by atoms with Gasteiger partial charge in [-0.15, -0.1) is 0 Å². The van der Waals surface area contributed by atoms with Gasteiger partial charge >= 0.3 is 5.97 Å². The summed E-state index contributed by atoms with van der Waals surface area (Å²) in [6, 6.07) is 7.51.